The molecule has 0 amide bonds. The Labute approximate surface area is 136 Å². The molecule has 0 saturated heterocycles. The quantitative estimate of drug-likeness (QED) is 0.527. The number of hydrogen-bond donors (Lipinski definition) is 5. The van der Waals surface area contributed by atoms with Crippen LogP contribution in [0.1, 0.15) is 22.7 Å². The van der Waals surface area contributed by atoms with Crippen LogP contribution < -0.4 is 5.32 Å². The Morgan fingerprint density at radius 2 is 1.82 bits per heavy atom. The summed E-state index contributed by atoms with van der Waals surface area (Å²) in [5, 5.41) is 42.0. The van der Waals surface area contributed by atoms with Crippen LogP contribution in [0.2, 0.25) is 0 Å². The van der Waals surface area contributed by atoms with E-state index in [1.807, 2.05) is 0 Å². The summed E-state index contributed by atoms with van der Waals surface area (Å²) in [6.45, 7) is 0.755. The summed E-state index contributed by atoms with van der Waals surface area (Å²) in [6.07, 6.45) is 1.35. The van der Waals surface area contributed by atoms with Gasteiger partial charge in [-0.05, 0) is 70.2 Å². The van der Waals surface area contributed by atoms with Gasteiger partial charge in [-0.3, -0.25) is 0 Å². The van der Waals surface area contributed by atoms with E-state index in [-0.39, 0.29) is 29.0 Å². The monoisotopic (exact) mass is 365 g/mol. The molecule has 1 aliphatic heterocycles. The predicted octanol–water partition coefficient (Wildman–Crippen LogP) is 2.70. The molecule has 1 aliphatic rings. The fraction of sp³-hybridized carbons (Fsp3) is 0.250. The Morgan fingerprint density at radius 1 is 1.05 bits per heavy atom. The molecule has 2 aromatic carbocycles. The zero-order chi connectivity index (χ0) is 15.9. The zero-order valence-electron chi connectivity index (χ0n) is 11.7. The third-order valence-electron chi connectivity index (χ3n) is 3.98. The van der Waals surface area contributed by atoms with Crippen molar-refractivity contribution < 1.29 is 20.4 Å². The maximum atomic E-state index is 9.84. The molecule has 5 N–H and O–H groups in total. The molecule has 0 saturated carbocycles. The smallest absolute Gasteiger partial charge is 0.172 e. The van der Waals surface area contributed by atoms with Gasteiger partial charge < -0.3 is 25.7 Å². The summed E-state index contributed by atoms with van der Waals surface area (Å²) in [5.41, 5.74) is 2.76. The van der Waals surface area contributed by atoms with Crippen molar-refractivity contribution in [3.63, 3.8) is 0 Å². The largest absolute Gasteiger partial charge is 0.504 e. The summed E-state index contributed by atoms with van der Waals surface area (Å²) >= 11 is 3.34. The molecule has 5 nitrogen and oxygen atoms in total. The second kappa shape index (κ2) is 5.70. The molecule has 0 spiro atoms. The van der Waals surface area contributed by atoms with Crippen molar-refractivity contribution in [3.05, 3.63) is 45.4 Å². The van der Waals surface area contributed by atoms with Crippen LogP contribution in [0.25, 0.3) is 0 Å². The van der Waals surface area contributed by atoms with Gasteiger partial charge in [-0.2, -0.15) is 0 Å². The normalized spacial score (nSPS) is 17.2. The van der Waals surface area contributed by atoms with E-state index in [1.165, 1.54) is 12.1 Å². The number of phenols is 4. The topological polar surface area (TPSA) is 93.0 Å². The molecule has 0 radical (unpaired) electrons. The number of hydrogen-bond acceptors (Lipinski definition) is 5. The molecule has 3 rings (SSSR count). The third-order valence-corrected chi connectivity index (χ3v) is 4.83. The van der Waals surface area contributed by atoms with Crippen molar-refractivity contribution in [2.24, 2.45) is 0 Å². The van der Waals surface area contributed by atoms with Crippen molar-refractivity contribution in [1.82, 2.24) is 5.32 Å². The minimum Gasteiger partial charge on any atom is -0.504 e. The van der Waals surface area contributed by atoms with Crippen LogP contribution in [0.15, 0.2) is 28.7 Å². The fourth-order valence-corrected chi connectivity index (χ4v) is 3.48. The number of phenolic OH excluding ortho intramolecular Hbond substituents is 4. The highest BCUT2D eigenvalue weighted by Crippen LogP contribution is 2.42. The van der Waals surface area contributed by atoms with Crippen LogP contribution in [-0.2, 0) is 12.8 Å². The van der Waals surface area contributed by atoms with Gasteiger partial charge in [0.05, 0.1) is 4.47 Å². The average molecular weight is 366 g/mol. The van der Waals surface area contributed by atoms with Gasteiger partial charge in [0.15, 0.2) is 23.0 Å². The number of aromatic hydroxyl groups is 4. The van der Waals surface area contributed by atoms with Crippen LogP contribution in [-0.4, -0.2) is 27.0 Å². The molecule has 0 fully saturated rings. The van der Waals surface area contributed by atoms with Crippen molar-refractivity contribution in [2.45, 2.75) is 18.9 Å². The number of benzene rings is 2. The Kier molecular flexibility index (Phi) is 3.88. The van der Waals surface area contributed by atoms with E-state index in [9.17, 15) is 20.4 Å². The summed E-state index contributed by atoms with van der Waals surface area (Å²) in [7, 11) is 0. The highest BCUT2D eigenvalue weighted by Gasteiger charge is 2.25. The van der Waals surface area contributed by atoms with Gasteiger partial charge in [0, 0.05) is 6.04 Å². The number of halogens is 1. The van der Waals surface area contributed by atoms with E-state index in [0.717, 1.165) is 29.7 Å². The van der Waals surface area contributed by atoms with Crippen molar-refractivity contribution in [1.29, 1.82) is 0 Å². The molecule has 0 bridgehead atoms. The van der Waals surface area contributed by atoms with Gasteiger partial charge in [-0.1, -0.05) is 6.07 Å². The van der Waals surface area contributed by atoms with Gasteiger partial charge in [-0.25, -0.2) is 0 Å². The number of rotatable bonds is 2. The molecule has 0 aromatic heterocycles. The summed E-state index contributed by atoms with van der Waals surface area (Å²) in [6, 6.07) is 6.27. The molecule has 6 heteroatoms. The molecule has 22 heavy (non-hydrogen) atoms. The number of nitrogens with one attached hydrogen (secondary N) is 1. The predicted molar refractivity (Wildman–Crippen MR) is 85.4 cm³/mol. The minimum absolute atomic E-state index is 0.0458. The number of fused-ring (bicyclic) bond motifs is 1. The van der Waals surface area contributed by atoms with Crippen molar-refractivity contribution >= 4 is 15.9 Å². The summed E-state index contributed by atoms with van der Waals surface area (Å²) in [4.78, 5) is 0. The van der Waals surface area contributed by atoms with Gasteiger partial charge in [-0.15, -0.1) is 0 Å². The second-order valence-corrected chi connectivity index (χ2v) is 6.20. The molecule has 1 atom stereocenters. The second-order valence-electron chi connectivity index (χ2n) is 5.41. The molecule has 0 aliphatic carbocycles. The van der Waals surface area contributed by atoms with Crippen LogP contribution in [0.3, 0.4) is 0 Å². The van der Waals surface area contributed by atoms with Crippen LogP contribution in [0, 0.1) is 0 Å². The first kappa shape index (κ1) is 15.0. The lowest BCUT2D eigenvalue weighted by Crippen LogP contribution is -2.31. The Morgan fingerprint density at radius 3 is 2.55 bits per heavy atom. The standard InChI is InChI=1S/C16H16BrNO4/c17-15-9-3-4-18-11(10(9)7-14(21)16(15)22)5-8-1-2-12(19)13(20)6-8/h1-2,6-7,11,18-22H,3-5H2. The lowest BCUT2D eigenvalue weighted by atomic mass is 9.90. The summed E-state index contributed by atoms with van der Waals surface area (Å²) < 4.78 is 0.530. The van der Waals surface area contributed by atoms with E-state index in [0.29, 0.717) is 10.9 Å². The third kappa shape index (κ3) is 2.60. The van der Waals surface area contributed by atoms with Gasteiger partial charge in [0.25, 0.3) is 0 Å². The maximum Gasteiger partial charge on any atom is 0.172 e. The van der Waals surface area contributed by atoms with E-state index >= 15 is 0 Å². The maximum absolute atomic E-state index is 9.84. The first-order valence-electron chi connectivity index (χ1n) is 6.95. The summed E-state index contributed by atoms with van der Waals surface area (Å²) in [5.74, 6) is -0.594. The highest BCUT2D eigenvalue weighted by atomic mass is 79.9. The zero-order valence-corrected chi connectivity index (χ0v) is 13.3. The fourth-order valence-electron chi connectivity index (χ4n) is 2.85. The van der Waals surface area contributed by atoms with Gasteiger partial charge in [0.2, 0.25) is 0 Å². The Balaban J connectivity index is 1.96. The lowest BCUT2D eigenvalue weighted by Gasteiger charge is -2.28. The Bertz CT molecular complexity index is 733. The highest BCUT2D eigenvalue weighted by molar-refractivity contribution is 9.10. The first-order valence-corrected chi connectivity index (χ1v) is 7.74. The van der Waals surface area contributed by atoms with Crippen molar-refractivity contribution in [3.8, 4) is 23.0 Å². The first-order chi connectivity index (χ1) is 10.5. The van der Waals surface area contributed by atoms with E-state index < -0.39 is 0 Å². The molecular formula is C16H16BrNO4. The van der Waals surface area contributed by atoms with Gasteiger partial charge >= 0.3 is 0 Å². The van der Waals surface area contributed by atoms with E-state index in [1.54, 1.807) is 12.1 Å². The molecule has 2 aromatic rings. The van der Waals surface area contributed by atoms with E-state index in [4.69, 9.17) is 0 Å². The van der Waals surface area contributed by atoms with Gasteiger partial charge in [0.1, 0.15) is 0 Å². The molecule has 116 valence electrons. The molecule has 1 heterocycles. The molecular weight excluding hydrogens is 350 g/mol. The van der Waals surface area contributed by atoms with Crippen LogP contribution in [0.4, 0.5) is 0 Å². The minimum atomic E-state index is -0.159. The van der Waals surface area contributed by atoms with Crippen LogP contribution >= 0.6 is 15.9 Å². The Hall–Kier alpha value is -1.92. The average Bonchev–Trinajstić information content (AvgIpc) is 2.50. The molecule has 1 unspecified atom stereocenters. The SMILES string of the molecule is Oc1ccc(CC2NCCc3c2cc(O)c(O)c3Br)cc1O. The van der Waals surface area contributed by atoms with E-state index in [2.05, 4.69) is 21.2 Å². The van der Waals surface area contributed by atoms with Crippen molar-refractivity contribution in [2.75, 3.05) is 6.54 Å². The van der Waals surface area contributed by atoms with Crippen LogP contribution in [0.5, 0.6) is 23.0 Å². The lowest BCUT2D eigenvalue weighted by molar-refractivity contribution is 0.395.